The van der Waals surface area contributed by atoms with Gasteiger partial charge in [0.1, 0.15) is 18.2 Å². The van der Waals surface area contributed by atoms with E-state index < -0.39 is 11.1 Å². The van der Waals surface area contributed by atoms with Gasteiger partial charge in [-0.25, -0.2) is 9.29 Å². The molecule has 1 aliphatic heterocycles. The normalized spacial score (nSPS) is 15.1. The first-order valence-electron chi connectivity index (χ1n) is 9.11. The van der Waals surface area contributed by atoms with E-state index in [4.69, 9.17) is 16.3 Å². The quantitative estimate of drug-likeness (QED) is 0.339. The minimum Gasteiger partial charge on any atom is -0.488 e. The van der Waals surface area contributed by atoms with Crippen molar-refractivity contribution in [2.45, 2.75) is 6.61 Å². The minimum absolute atomic E-state index is 0.157. The monoisotopic (exact) mass is 517 g/mol. The molecule has 0 atom stereocenters. The Kier molecular flexibility index (Phi) is 6.46. The van der Waals surface area contributed by atoms with Gasteiger partial charge in [-0.3, -0.25) is 9.59 Å². The average Bonchev–Trinajstić information content (AvgIpc) is 3.00. The zero-order valence-corrected chi connectivity index (χ0v) is 19.0. The fraction of sp³-hybridized carbons (Fsp3) is 0.0435. The standard InChI is InChI=1S/C23H14BrClFNO3S/c24-16-7-8-20(30-13-14-3-1-5-18(26)9-14)15(10-16)11-21-22(28)27(23(29)31-21)19-6-2-4-17(25)12-19/h1-12H,13H2/b21-11+. The Balaban J connectivity index is 1.61. The van der Waals surface area contributed by atoms with E-state index in [1.54, 1.807) is 60.7 Å². The van der Waals surface area contributed by atoms with Crippen LogP contribution in [0.25, 0.3) is 6.08 Å². The Morgan fingerprint density at radius 2 is 1.87 bits per heavy atom. The van der Waals surface area contributed by atoms with Gasteiger partial charge in [-0.15, -0.1) is 0 Å². The highest BCUT2D eigenvalue weighted by atomic mass is 79.9. The molecule has 0 aromatic heterocycles. The molecular weight excluding hydrogens is 505 g/mol. The lowest BCUT2D eigenvalue weighted by Crippen LogP contribution is -2.27. The molecule has 1 heterocycles. The molecule has 1 fully saturated rings. The van der Waals surface area contributed by atoms with Gasteiger partial charge in [-0.1, -0.05) is 45.7 Å². The first-order chi connectivity index (χ1) is 14.9. The van der Waals surface area contributed by atoms with Crippen LogP contribution in [0.5, 0.6) is 5.75 Å². The lowest BCUT2D eigenvalue weighted by atomic mass is 10.1. The van der Waals surface area contributed by atoms with Gasteiger partial charge in [0.05, 0.1) is 10.6 Å². The number of hydrogen-bond donors (Lipinski definition) is 0. The second-order valence-corrected chi connectivity index (χ2v) is 8.94. The predicted octanol–water partition coefficient (Wildman–Crippen LogP) is 7.06. The first kappa shape index (κ1) is 21.6. The van der Waals surface area contributed by atoms with Gasteiger partial charge in [-0.2, -0.15) is 0 Å². The molecule has 1 saturated heterocycles. The Morgan fingerprint density at radius 1 is 1.06 bits per heavy atom. The second-order valence-electron chi connectivity index (χ2n) is 6.60. The Hall–Kier alpha value is -2.61. The first-order valence-corrected chi connectivity index (χ1v) is 11.1. The van der Waals surface area contributed by atoms with Gasteiger partial charge in [0.15, 0.2) is 0 Å². The third-order valence-electron chi connectivity index (χ3n) is 4.40. The van der Waals surface area contributed by atoms with Crippen LogP contribution in [-0.2, 0) is 11.4 Å². The number of amides is 2. The highest BCUT2D eigenvalue weighted by Gasteiger charge is 2.36. The van der Waals surface area contributed by atoms with Crippen molar-refractivity contribution >= 4 is 62.2 Å². The maximum absolute atomic E-state index is 13.4. The van der Waals surface area contributed by atoms with Crippen molar-refractivity contribution in [2.75, 3.05) is 4.90 Å². The maximum atomic E-state index is 13.4. The van der Waals surface area contributed by atoms with Gasteiger partial charge in [0.2, 0.25) is 0 Å². The summed E-state index contributed by atoms with van der Waals surface area (Å²) >= 11 is 10.3. The third kappa shape index (κ3) is 5.01. The Bertz CT molecular complexity index is 1220. The predicted molar refractivity (Wildman–Crippen MR) is 125 cm³/mol. The summed E-state index contributed by atoms with van der Waals surface area (Å²) in [5.41, 5.74) is 1.70. The number of nitrogens with zero attached hydrogens (tertiary/aromatic N) is 1. The summed E-state index contributed by atoms with van der Waals surface area (Å²) in [6, 6.07) is 18.0. The number of ether oxygens (including phenoxy) is 1. The maximum Gasteiger partial charge on any atom is 0.298 e. The molecule has 1 aliphatic rings. The Morgan fingerprint density at radius 3 is 2.65 bits per heavy atom. The van der Waals surface area contributed by atoms with Gasteiger partial charge in [0.25, 0.3) is 11.1 Å². The number of carbonyl (C=O) groups is 2. The van der Waals surface area contributed by atoms with E-state index in [-0.39, 0.29) is 17.3 Å². The topological polar surface area (TPSA) is 46.6 Å². The van der Waals surface area contributed by atoms with E-state index in [2.05, 4.69) is 15.9 Å². The lowest BCUT2D eigenvalue weighted by Gasteiger charge is -2.12. The zero-order valence-electron chi connectivity index (χ0n) is 15.8. The molecule has 3 aromatic carbocycles. The van der Waals surface area contributed by atoms with Crippen LogP contribution in [0.4, 0.5) is 14.9 Å². The largest absolute Gasteiger partial charge is 0.488 e. The molecule has 8 heteroatoms. The van der Waals surface area contributed by atoms with Crippen molar-refractivity contribution in [3.63, 3.8) is 0 Å². The van der Waals surface area contributed by atoms with E-state index in [0.717, 1.165) is 21.1 Å². The molecule has 0 N–H and O–H groups in total. The Labute approximate surface area is 195 Å². The summed E-state index contributed by atoms with van der Waals surface area (Å²) in [6.45, 7) is 0.157. The number of anilines is 1. The number of imide groups is 1. The van der Waals surface area contributed by atoms with Crippen LogP contribution >= 0.6 is 39.3 Å². The molecule has 3 aromatic rings. The second kappa shape index (κ2) is 9.26. The van der Waals surface area contributed by atoms with Gasteiger partial charge in [-0.05, 0) is 71.9 Å². The van der Waals surface area contributed by atoms with Crippen molar-refractivity contribution in [1.82, 2.24) is 0 Å². The van der Waals surface area contributed by atoms with Gasteiger partial charge < -0.3 is 4.74 Å². The molecule has 156 valence electrons. The summed E-state index contributed by atoms with van der Waals surface area (Å²) in [4.78, 5) is 26.8. The highest BCUT2D eigenvalue weighted by Crippen LogP contribution is 2.38. The number of carbonyl (C=O) groups excluding carboxylic acids is 2. The van der Waals surface area contributed by atoms with Crippen LogP contribution in [0.1, 0.15) is 11.1 Å². The summed E-state index contributed by atoms with van der Waals surface area (Å²) in [5.74, 6) is -0.276. The van der Waals surface area contributed by atoms with E-state index in [9.17, 15) is 14.0 Å². The van der Waals surface area contributed by atoms with Gasteiger partial charge >= 0.3 is 0 Å². The van der Waals surface area contributed by atoms with Crippen molar-refractivity contribution in [2.24, 2.45) is 0 Å². The molecule has 31 heavy (non-hydrogen) atoms. The van der Waals surface area contributed by atoms with Crippen LogP contribution in [0.2, 0.25) is 5.02 Å². The molecule has 2 amide bonds. The van der Waals surface area contributed by atoms with Crippen molar-refractivity contribution < 1.29 is 18.7 Å². The average molecular weight is 519 g/mol. The van der Waals surface area contributed by atoms with Crippen LogP contribution in [0, 0.1) is 5.82 Å². The number of benzene rings is 3. The molecule has 0 saturated carbocycles. The van der Waals surface area contributed by atoms with E-state index in [1.165, 1.54) is 12.1 Å². The minimum atomic E-state index is -0.437. The van der Waals surface area contributed by atoms with Gasteiger partial charge in [0, 0.05) is 15.1 Å². The summed E-state index contributed by atoms with van der Waals surface area (Å²) < 4.78 is 20.1. The molecule has 4 rings (SSSR count). The molecule has 0 bridgehead atoms. The fourth-order valence-electron chi connectivity index (χ4n) is 3.00. The lowest BCUT2D eigenvalue weighted by molar-refractivity contribution is -0.113. The van der Waals surface area contributed by atoms with Crippen molar-refractivity contribution in [3.8, 4) is 5.75 Å². The highest BCUT2D eigenvalue weighted by molar-refractivity contribution is 9.10. The summed E-state index contributed by atoms with van der Waals surface area (Å²) in [7, 11) is 0. The van der Waals surface area contributed by atoms with E-state index in [0.29, 0.717) is 27.6 Å². The number of rotatable bonds is 5. The molecule has 0 radical (unpaired) electrons. The van der Waals surface area contributed by atoms with Crippen LogP contribution in [0.3, 0.4) is 0 Å². The van der Waals surface area contributed by atoms with E-state index in [1.807, 2.05) is 0 Å². The summed E-state index contributed by atoms with van der Waals surface area (Å²) in [5, 5.41) is 0.0243. The van der Waals surface area contributed by atoms with Crippen LogP contribution < -0.4 is 9.64 Å². The zero-order chi connectivity index (χ0) is 22.0. The third-order valence-corrected chi connectivity index (χ3v) is 6.00. The van der Waals surface area contributed by atoms with Crippen molar-refractivity contribution in [3.05, 3.63) is 98.1 Å². The number of halogens is 3. The molecule has 0 aliphatic carbocycles. The number of hydrogen-bond acceptors (Lipinski definition) is 4. The SMILES string of the molecule is O=C1S/C(=C/c2cc(Br)ccc2OCc2cccc(F)c2)C(=O)N1c1cccc(Cl)c1. The van der Waals surface area contributed by atoms with E-state index >= 15 is 0 Å². The fourth-order valence-corrected chi connectivity index (χ4v) is 4.39. The number of thioether (sulfide) groups is 1. The summed E-state index contributed by atoms with van der Waals surface area (Å²) in [6.07, 6.45) is 1.61. The molecule has 0 spiro atoms. The molecular formula is C23H14BrClFNO3S. The van der Waals surface area contributed by atoms with Crippen LogP contribution in [-0.4, -0.2) is 11.1 Å². The van der Waals surface area contributed by atoms with Crippen molar-refractivity contribution in [1.29, 1.82) is 0 Å². The molecule has 4 nitrogen and oxygen atoms in total. The smallest absolute Gasteiger partial charge is 0.298 e. The van der Waals surface area contributed by atoms with Crippen LogP contribution in [0.15, 0.2) is 76.1 Å². The molecule has 0 unspecified atom stereocenters.